The second-order valence-corrected chi connectivity index (χ2v) is 3.59. The zero-order valence-corrected chi connectivity index (χ0v) is 10.00. The van der Waals surface area contributed by atoms with Crippen LogP contribution in [0.3, 0.4) is 0 Å². The van der Waals surface area contributed by atoms with Gasteiger partial charge in [-0.1, -0.05) is 0 Å². The number of likely N-dealkylation sites (N-methyl/N-ethyl adjacent to an activating group) is 1. The number of hydrogen-bond acceptors (Lipinski definition) is 5. The Bertz CT molecular complexity index is 364. The normalized spacial score (nSPS) is 10.0. The number of carbonyl (C=O) groups excluding carboxylic acids is 2. The lowest BCUT2D eigenvalue weighted by Crippen LogP contribution is -2.31. The van der Waals surface area contributed by atoms with Crippen molar-refractivity contribution in [2.45, 2.75) is 19.4 Å². The van der Waals surface area contributed by atoms with Crippen LogP contribution in [0.15, 0.2) is 12.7 Å². The van der Waals surface area contributed by atoms with E-state index in [0.717, 1.165) is 0 Å². The Morgan fingerprint density at radius 3 is 2.82 bits per heavy atom. The minimum Gasteiger partial charge on any atom is -0.469 e. The maximum Gasteiger partial charge on any atom is 0.305 e. The van der Waals surface area contributed by atoms with Gasteiger partial charge in [0.25, 0.3) is 0 Å². The first kappa shape index (κ1) is 13.1. The Kier molecular flexibility index (Phi) is 5.12. The van der Waals surface area contributed by atoms with Crippen molar-refractivity contribution < 1.29 is 14.3 Å². The van der Waals surface area contributed by atoms with E-state index in [9.17, 15) is 9.59 Å². The molecule has 0 aliphatic carbocycles. The first-order valence-corrected chi connectivity index (χ1v) is 5.26. The number of esters is 1. The third kappa shape index (κ3) is 4.62. The molecule has 0 aliphatic heterocycles. The molecule has 0 saturated heterocycles. The number of aromatic nitrogens is 3. The van der Waals surface area contributed by atoms with Gasteiger partial charge in [0.15, 0.2) is 0 Å². The van der Waals surface area contributed by atoms with E-state index in [2.05, 4.69) is 14.8 Å². The molecule has 0 fully saturated rings. The molecule has 1 amide bonds. The molecule has 1 rings (SSSR count). The molecule has 0 saturated carbocycles. The van der Waals surface area contributed by atoms with E-state index in [-0.39, 0.29) is 18.4 Å². The quantitative estimate of drug-likeness (QED) is 0.637. The molecule has 1 aromatic rings. The number of hydrogen-bond donors (Lipinski definition) is 0. The minimum absolute atomic E-state index is 0.0691. The summed E-state index contributed by atoms with van der Waals surface area (Å²) in [6.45, 7) is 0.678. The molecule has 0 atom stereocenters. The highest BCUT2D eigenvalue weighted by Gasteiger charge is 2.10. The molecule has 0 radical (unpaired) electrons. The fraction of sp³-hybridized carbons (Fsp3) is 0.600. The monoisotopic (exact) mass is 240 g/mol. The first-order valence-electron chi connectivity index (χ1n) is 5.26. The van der Waals surface area contributed by atoms with Crippen LogP contribution in [-0.2, 0) is 20.9 Å². The molecule has 0 N–H and O–H groups in total. The Morgan fingerprint density at radius 2 is 2.24 bits per heavy atom. The van der Waals surface area contributed by atoms with Crippen molar-refractivity contribution in [3.63, 3.8) is 0 Å². The number of ether oxygens (including phenoxy) is 1. The van der Waals surface area contributed by atoms with E-state index < -0.39 is 0 Å². The van der Waals surface area contributed by atoms with Gasteiger partial charge in [0, 0.05) is 20.0 Å². The number of carbonyl (C=O) groups is 2. The molecule has 7 heteroatoms. The molecule has 0 bridgehead atoms. The molecule has 0 aromatic carbocycles. The van der Waals surface area contributed by atoms with Gasteiger partial charge in [0.05, 0.1) is 7.11 Å². The number of nitrogens with zero attached hydrogens (tertiary/aromatic N) is 4. The van der Waals surface area contributed by atoms with Gasteiger partial charge in [-0.3, -0.25) is 9.59 Å². The molecule has 7 nitrogen and oxygen atoms in total. The molecule has 17 heavy (non-hydrogen) atoms. The van der Waals surface area contributed by atoms with Crippen LogP contribution in [0.1, 0.15) is 12.8 Å². The van der Waals surface area contributed by atoms with Gasteiger partial charge in [-0.15, -0.1) is 0 Å². The van der Waals surface area contributed by atoms with Gasteiger partial charge in [-0.2, -0.15) is 5.10 Å². The van der Waals surface area contributed by atoms with Crippen LogP contribution in [0.5, 0.6) is 0 Å². The maximum atomic E-state index is 11.7. The van der Waals surface area contributed by atoms with Gasteiger partial charge < -0.3 is 9.64 Å². The van der Waals surface area contributed by atoms with Gasteiger partial charge in [-0.05, 0) is 6.42 Å². The van der Waals surface area contributed by atoms with Gasteiger partial charge in [-0.25, -0.2) is 9.67 Å². The molecule has 1 heterocycles. The zero-order chi connectivity index (χ0) is 12.7. The topological polar surface area (TPSA) is 77.3 Å². The van der Waals surface area contributed by atoms with E-state index in [0.29, 0.717) is 19.4 Å². The van der Waals surface area contributed by atoms with E-state index in [1.165, 1.54) is 24.4 Å². The molecule has 0 aliphatic rings. The van der Waals surface area contributed by atoms with Crippen molar-refractivity contribution in [1.82, 2.24) is 19.7 Å². The molecule has 0 unspecified atom stereocenters. The third-order valence-electron chi connectivity index (χ3n) is 2.29. The van der Waals surface area contributed by atoms with Crippen LogP contribution in [0.2, 0.25) is 0 Å². The van der Waals surface area contributed by atoms with Gasteiger partial charge >= 0.3 is 5.97 Å². The molecule has 1 aromatic heterocycles. The summed E-state index contributed by atoms with van der Waals surface area (Å²) in [5.74, 6) is -0.331. The van der Waals surface area contributed by atoms with Crippen LogP contribution in [0.25, 0.3) is 0 Å². The second kappa shape index (κ2) is 6.62. The van der Waals surface area contributed by atoms with Gasteiger partial charge in [0.1, 0.15) is 19.2 Å². The summed E-state index contributed by atoms with van der Waals surface area (Å²) in [6.07, 6.45) is 3.77. The van der Waals surface area contributed by atoms with Crippen LogP contribution in [0, 0.1) is 0 Å². The number of rotatable bonds is 6. The summed E-state index contributed by atoms with van der Waals surface area (Å²) < 4.78 is 5.97. The fourth-order valence-electron chi connectivity index (χ4n) is 1.26. The molecular formula is C10H16N4O3. The SMILES string of the molecule is COC(=O)CCCN(C)C(=O)Cn1cncn1. The summed E-state index contributed by atoms with van der Waals surface area (Å²) >= 11 is 0. The van der Waals surface area contributed by atoms with Crippen molar-refractivity contribution in [3.05, 3.63) is 12.7 Å². The maximum absolute atomic E-state index is 11.7. The van der Waals surface area contributed by atoms with Crippen LogP contribution < -0.4 is 0 Å². The number of amides is 1. The van der Waals surface area contributed by atoms with Crippen molar-refractivity contribution in [3.8, 4) is 0 Å². The average molecular weight is 240 g/mol. The van der Waals surface area contributed by atoms with E-state index in [1.54, 1.807) is 11.9 Å². The average Bonchev–Trinajstić information content (AvgIpc) is 2.81. The highest BCUT2D eigenvalue weighted by molar-refractivity contribution is 5.75. The molecular weight excluding hydrogens is 224 g/mol. The molecule has 0 spiro atoms. The predicted molar refractivity (Wildman–Crippen MR) is 58.9 cm³/mol. The van der Waals surface area contributed by atoms with Crippen molar-refractivity contribution in [2.75, 3.05) is 20.7 Å². The third-order valence-corrected chi connectivity index (χ3v) is 2.29. The standard InChI is InChI=1S/C10H16N4O3/c1-13(5-3-4-10(16)17-2)9(15)6-14-8-11-7-12-14/h7-8H,3-6H2,1-2H3. The minimum atomic E-state index is -0.262. The van der Waals surface area contributed by atoms with E-state index >= 15 is 0 Å². The first-order chi connectivity index (χ1) is 8.13. The second-order valence-electron chi connectivity index (χ2n) is 3.59. The summed E-state index contributed by atoms with van der Waals surface area (Å²) in [4.78, 5) is 27.9. The smallest absolute Gasteiger partial charge is 0.305 e. The highest BCUT2D eigenvalue weighted by atomic mass is 16.5. The van der Waals surface area contributed by atoms with Crippen LogP contribution in [0.4, 0.5) is 0 Å². The largest absolute Gasteiger partial charge is 0.469 e. The Hall–Kier alpha value is -1.92. The van der Waals surface area contributed by atoms with Crippen LogP contribution >= 0.6 is 0 Å². The Labute approximate surface area is 99.4 Å². The van der Waals surface area contributed by atoms with E-state index in [4.69, 9.17) is 0 Å². The van der Waals surface area contributed by atoms with Gasteiger partial charge in [0.2, 0.25) is 5.91 Å². The number of methoxy groups -OCH3 is 1. The van der Waals surface area contributed by atoms with Crippen LogP contribution in [-0.4, -0.2) is 52.2 Å². The fourth-order valence-corrected chi connectivity index (χ4v) is 1.26. The lowest BCUT2D eigenvalue weighted by molar-refractivity contribution is -0.141. The lowest BCUT2D eigenvalue weighted by Gasteiger charge is -2.16. The van der Waals surface area contributed by atoms with Crippen molar-refractivity contribution >= 4 is 11.9 Å². The zero-order valence-electron chi connectivity index (χ0n) is 10.00. The summed E-state index contributed by atoms with van der Waals surface area (Å²) in [7, 11) is 3.04. The summed E-state index contributed by atoms with van der Waals surface area (Å²) in [6, 6.07) is 0. The van der Waals surface area contributed by atoms with Crippen molar-refractivity contribution in [1.29, 1.82) is 0 Å². The summed E-state index contributed by atoms with van der Waals surface area (Å²) in [5.41, 5.74) is 0. The Balaban J connectivity index is 2.25. The Morgan fingerprint density at radius 1 is 1.47 bits per heavy atom. The lowest BCUT2D eigenvalue weighted by atomic mass is 10.3. The summed E-state index contributed by atoms with van der Waals surface area (Å²) in [5, 5.41) is 3.84. The highest BCUT2D eigenvalue weighted by Crippen LogP contribution is 1.96. The van der Waals surface area contributed by atoms with Crippen molar-refractivity contribution in [2.24, 2.45) is 0 Å². The predicted octanol–water partition coefficient (Wildman–Crippen LogP) is -0.310. The molecule has 94 valence electrons. The van der Waals surface area contributed by atoms with E-state index in [1.807, 2.05) is 0 Å².